The van der Waals surface area contributed by atoms with E-state index in [-0.39, 0.29) is 18.9 Å². The van der Waals surface area contributed by atoms with Crippen LogP contribution in [-0.2, 0) is 9.59 Å². The number of carboxylic acids is 1. The second-order valence-electron chi connectivity index (χ2n) is 6.74. The Morgan fingerprint density at radius 1 is 1.36 bits per heavy atom. The second kappa shape index (κ2) is 10.6. The summed E-state index contributed by atoms with van der Waals surface area (Å²) in [6.07, 6.45) is 3.04. The van der Waals surface area contributed by atoms with E-state index in [0.29, 0.717) is 15.6 Å². The zero-order valence-electron chi connectivity index (χ0n) is 16.1. The Bertz CT molecular complexity index is 749. The standard InChI is InChI=1S/C20H26N2O4S2/c1-3-4-5-15(19(25)26)21-17(23)10-11-22-18(24)16(28-20(22)27)12-14-8-6-13(2)7-9-14/h6-9,12,15,18,24H,3-5,10-11H2,1-2H3,(H,21,23)(H,25,26)/b16-12+. The van der Waals surface area contributed by atoms with Gasteiger partial charge >= 0.3 is 5.97 Å². The summed E-state index contributed by atoms with van der Waals surface area (Å²) in [5.41, 5.74) is 2.12. The number of hydrogen-bond acceptors (Lipinski definition) is 5. The maximum absolute atomic E-state index is 12.1. The van der Waals surface area contributed by atoms with Crippen molar-refractivity contribution >= 4 is 46.3 Å². The Morgan fingerprint density at radius 3 is 2.64 bits per heavy atom. The molecule has 1 aliphatic rings. The molecule has 8 heteroatoms. The molecular formula is C20H26N2O4S2. The number of nitrogens with one attached hydrogen (secondary N) is 1. The Balaban J connectivity index is 1.93. The van der Waals surface area contributed by atoms with Gasteiger partial charge < -0.3 is 20.4 Å². The second-order valence-corrected chi connectivity index (χ2v) is 8.45. The van der Waals surface area contributed by atoms with Gasteiger partial charge in [0.2, 0.25) is 5.91 Å². The highest BCUT2D eigenvalue weighted by atomic mass is 32.2. The summed E-state index contributed by atoms with van der Waals surface area (Å²) in [6.45, 7) is 4.20. The molecule has 0 spiro atoms. The molecule has 1 fully saturated rings. The molecule has 3 N–H and O–H groups in total. The lowest BCUT2D eigenvalue weighted by molar-refractivity contribution is -0.142. The number of thiocarbonyl (C=S) groups is 1. The Labute approximate surface area is 175 Å². The van der Waals surface area contributed by atoms with E-state index in [1.54, 1.807) is 4.90 Å². The van der Waals surface area contributed by atoms with Crippen molar-refractivity contribution in [2.75, 3.05) is 6.54 Å². The summed E-state index contributed by atoms with van der Waals surface area (Å²) in [4.78, 5) is 25.7. The van der Waals surface area contributed by atoms with Crippen molar-refractivity contribution in [3.05, 3.63) is 40.3 Å². The molecule has 0 saturated carbocycles. The van der Waals surface area contributed by atoms with E-state index in [9.17, 15) is 19.8 Å². The molecule has 1 saturated heterocycles. The molecule has 1 heterocycles. The number of aliphatic carboxylic acids is 1. The molecule has 0 bridgehead atoms. The number of benzene rings is 1. The van der Waals surface area contributed by atoms with Gasteiger partial charge in [-0.1, -0.05) is 73.6 Å². The van der Waals surface area contributed by atoms with Crippen molar-refractivity contribution in [2.24, 2.45) is 0 Å². The fraction of sp³-hybridized carbons (Fsp3) is 0.450. The van der Waals surface area contributed by atoms with Gasteiger partial charge in [0.1, 0.15) is 10.4 Å². The lowest BCUT2D eigenvalue weighted by Gasteiger charge is -2.22. The van der Waals surface area contributed by atoms with Crippen LogP contribution in [0, 0.1) is 6.92 Å². The Morgan fingerprint density at radius 2 is 2.04 bits per heavy atom. The molecule has 6 nitrogen and oxygen atoms in total. The largest absolute Gasteiger partial charge is 0.480 e. The van der Waals surface area contributed by atoms with Crippen molar-refractivity contribution in [2.45, 2.75) is 51.8 Å². The third-order valence-electron chi connectivity index (χ3n) is 4.44. The van der Waals surface area contributed by atoms with E-state index in [0.717, 1.165) is 24.0 Å². The van der Waals surface area contributed by atoms with E-state index in [1.165, 1.54) is 11.8 Å². The molecule has 0 aliphatic carbocycles. The highest BCUT2D eigenvalue weighted by Gasteiger charge is 2.32. The number of aryl methyl sites for hydroxylation is 1. The monoisotopic (exact) mass is 422 g/mol. The van der Waals surface area contributed by atoms with Crippen LogP contribution in [0.5, 0.6) is 0 Å². The lowest BCUT2D eigenvalue weighted by atomic mass is 10.1. The number of aliphatic hydroxyl groups excluding tert-OH is 1. The van der Waals surface area contributed by atoms with Crippen LogP contribution in [0.1, 0.15) is 43.7 Å². The number of carbonyl (C=O) groups is 2. The number of rotatable bonds is 9. The average Bonchev–Trinajstić information content (AvgIpc) is 2.91. The van der Waals surface area contributed by atoms with E-state index in [4.69, 9.17) is 12.2 Å². The van der Waals surface area contributed by atoms with Gasteiger partial charge in [-0.05, 0) is 25.0 Å². The van der Waals surface area contributed by atoms with E-state index in [2.05, 4.69) is 5.32 Å². The summed E-state index contributed by atoms with van der Waals surface area (Å²) >= 11 is 6.64. The molecule has 1 aromatic carbocycles. The Hall–Kier alpha value is -1.90. The molecule has 1 aromatic rings. The molecule has 28 heavy (non-hydrogen) atoms. The molecule has 152 valence electrons. The van der Waals surface area contributed by atoms with Crippen LogP contribution in [-0.4, -0.2) is 50.1 Å². The van der Waals surface area contributed by atoms with Crippen molar-refractivity contribution in [1.29, 1.82) is 0 Å². The molecule has 0 radical (unpaired) electrons. The quantitative estimate of drug-likeness (QED) is 0.527. The van der Waals surface area contributed by atoms with Crippen LogP contribution in [0.15, 0.2) is 29.2 Å². The van der Waals surface area contributed by atoms with Crippen molar-refractivity contribution < 1.29 is 19.8 Å². The first-order valence-corrected chi connectivity index (χ1v) is 10.5. The van der Waals surface area contributed by atoms with Gasteiger partial charge in [0.15, 0.2) is 6.23 Å². The molecular weight excluding hydrogens is 396 g/mol. The normalized spacial score (nSPS) is 19.1. The van der Waals surface area contributed by atoms with Gasteiger partial charge in [-0.25, -0.2) is 4.79 Å². The average molecular weight is 423 g/mol. The van der Waals surface area contributed by atoms with Crippen LogP contribution in [0.2, 0.25) is 0 Å². The van der Waals surface area contributed by atoms with Gasteiger partial charge in [0.25, 0.3) is 0 Å². The predicted octanol–water partition coefficient (Wildman–Crippen LogP) is 3.14. The van der Waals surface area contributed by atoms with Gasteiger partial charge in [-0.3, -0.25) is 4.79 Å². The van der Waals surface area contributed by atoms with E-state index >= 15 is 0 Å². The number of unbranched alkanes of at least 4 members (excludes halogenated alkanes) is 1. The number of carboxylic acid groups (broad SMARTS) is 1. The molecule has 2 rings (SSSR count). The van der Waals surface area contributed by atoms with Crippen LogP contribution in [0.3, 0.4) is 0 Å². The first kappa shape index (κ1) is 22.4. The minimum Gasteiger partial charge on any atom is -0.480 e. The van der Waals surface area contributed by atoms with Crippen molar-refractivity contribution in [1.82, 2.24) is 10.2 Å². The van der Waals surface area contributed by atoms with E-state index in [1.807, 2.05) is 44.2 Å². The topological polar surface area (TPSA) is 89.9 Å². The third-order valence-corrected chi connectivity index (χ3v) is 5.89. The number of aliphatic hydroxyl groups is 1. The fourth-order valence-electron chi connectivity index (χ4n) is 2.76. The van der Waals surface area contributed by atoms with Gasteiger partial charge in [-0.2, -0.15) is 0 Å². The molecule has 1 amide bonds. The van der Waals surface area contributed by atoms with E-state index < -0.39 is 18.2 Å². The van der Waals surface area contributed by atoms with Gasteiger partial charge in [0.05, 0.1) is 0 Å². The van der Waals surface area contributed by atoms with Crippen molar-refractivity contribution in [3.8, 4) is 0 Å². The zero-order valence-corrected chi connectivity index (χ0v) is 17.7. The summed E-state index contributed by atoms with van der Waals surface area (Å²) in [5.74, 6) is -1.39. The number of carbonyl (C=O) groups excluding carboxylic acids is 1. The number of nitrogens with zero attached hydrogens (tertiary/aromatic N) is 1. The molecule has 2 atom stereocenters. The Kier molecular flexibility index (Phi) is 8.47. The number of thioether (sulfide) groups is 1. The predicted molar refractivity (Wildman–Crippen MR) is 116 cm³/mol. The summed E-state index contributed by atoms with van der Waals surface area (Å²) in [5, 5.41) is 22.3. The highest BCUT2D eigenvalue weighted by molar-refractivity contribution is 8.25. The van der Waals surface area contributed by atoms with Crippen LogP contribution >= 0.6 is 24.0 Å². The smallest absolute Gasteiger partial charge is 0.326 e. The van der Waals surface area contributed by atoms with Gasteiger partial charge in [-0.15, -0.1) is 0 Å². The fourth-order valence-corrected chi connectivity index (χ4v) is 4.18. The molecule has 2 unspecified atom stereocenters. The molecule has 1 aliphatic heterocycles. The zero-order chi connectivity index (χ0) is 20.7. The third kappa shape index (κ3) is 6.32. The van der Waals surface area contributed by atoms with Gasteiger partial charge in [0, 0.05) is 17.9 Å². The maximum Gasteiger partial charge on any atom is 0.326 e. The minimum atomic E-state index is -1.03. The van der Waals surface area contributed by atoms with Crippen LogP contribution < -0.4 is 5.32 Å². The first-order valence-electron chi connectivity index (χ1n) is 9.28. The summed E-state index contributed by atoms with van der Waals surface area (Å²) in [7, 11) is 0. The summed E-state index contributed by atoms with van der Waals surface area (Å²) < 4.78 is 0.499. The number of amides is 1. The molecule has 0 aromatic heterocycles. The van der Waals surface area contributed by atoms with Crippen LogP contribution in [0.4, 0.5) is 0 Å². The maximum atomic E-state index is 12.1. The summed E-state index contributed by atoms with van der Waals surface area (Å²) in [6, 6.07) is 7.05. The minimum absolute atomic E-state index is 0.0610. The number of hydrogen-bond donors (Lipinski definition) is 3. The first-order chi connectivity index (χ1) is 13.3. The van der Waals surface area contributed by atoms with Crippen molar-refractivity contribution in [3.63, 3.8) is 0 Å². The SMILES string of the molecule is CCCCC(NC(=O)CCN1C(=S)S/C(=C/c2ccc(C)cc2)C1O)C(=O)O. The van der Waals surface area contributed by atoms with Crippen LogP contribution in [0.25, 0.3) is 6.08 Å². The lowest BCUT2D eigenvalue weighted by Crippen LogP contribution is -2.42. The highest BCUT2D eigenvalue weighted by Crippen LogP contribution is 2.35.